The molecular formula is C20H23N3O4. The zero-order chi connectivity index (χ0) is 19.8. The number of carbonyl (C=O) groups excluding carboxylic acids is 3. The summed E-state index contributed by atoms with van der Waals surface area (Å²) in [5.74, 6) is -1.11. The highest BCUT2D eigenvalue weighted by molar-refractivity contribution is 6.03. The van der Waals surface area contributed by atoms with Crippen molar-refractivity contribution in [2.75, 3.05) is 24.3 Å². The van der Waals surface area contributed by atoms with E-state index in [0.717, 1.165) is 0 Å². The van der Waals surface area contributed by atoms with Gasteiger partial charge in [0.2, 0.25) is 5.91 Å². The van der Waals surface area contributed by atoms with Crippen LogP contribution in [0.25, 0.3) is 0 Å². The van der Waals surface area contributed by atoms with E-state index >= 15 is 0 Å². The monoisotopic (exact) mass is 369 g/mol. The highest BCUT2D eigenvalue weighted by atomic mass is 16.5. The molecule has 3 N–H and O–H groups in total. The number of hydrogen-bond donors (Lipinski definition) is 3. The fourth-order valence-electron chi connectivity index (χ4n) is 2.43. The molecule has 27 heavy (non-hydrogen) atoms. The molecule has 2 aromatic carbocycles. The molecule has 7 heteroatoms. The van der Waals surface area contributed by atoms with Gasteiger partial charge in [-0.3, -0.25) is 9.59 Å². The zero-order valence-corrected chi connectivity index (χ0v) is 15.5. The number of ether oxygens (including phenoxy) is 1. The number of carbonyl (C=O) groups is 3. The van der Waals surface area contributed by atoms with Gasteiger partial charge in [-0.15, -0.1) is 0 Å². The fraction of sp³-hybridized carbons (Fsp3) is 0.250. The predicted molar refractivity (Wildman–Crippen MR) is 104 cm³/mol. The molecule has 0 saturated carbocycles. The number of nitrogens with one attached hydrogen (secondary N) is 3. The molecule has 2 aromatic rings. The van der Waals surface area contributed by atoms with Crippen LogP contribution in [0.1, 0.15) is 34.6 Å². The van der Waals surface area contributed by atoms with Crippen LogP contribution in [0.3, 0.4) is 0 Å². The minimum absolute atomic E-state index is 0.00341. The number of amides is 2. The van der Waals surface area contributed by atoms with Gasteiger partial charge in [0.05, 0.1) is 30.5 Å². The van der Waals surface area contributed by atoms with Crippen LogP contribution in [-0.2, 0) is 9.53 Å². The molecule has 0 aliphatic heterocycles. The Hall–Kier alpha value is -3.35. The molecule has 0 heterocycles. The molecule has 0 unspecified atom stereocenters. The van der Waals surface area contributed by atoms with Gasteiger partial charge in [-0.25, -0.2) is 4.79 Å². The molecule has 0 aliphatic carbocycles. The molecule has 0 fully saturated rings. The van der Waals surface area contributed by atoms with Gasteiger partial charge in [0, 0.05) is 11.7 Å². The maximum Gasteiger partial charge on any atom is 0.339 e. The van der Waals surface area contributed by atoms with Crippen LogP contribution < -0.4 is 16.0 Å². The van der Waals surface area contributed by atoms with Crippen molar-refractivity contribution in [1.82, 2.24) is 5.32 Å². The van der Waals surface area contributed by atoms with Crippen LogP contribution in [0.15, 0.2) is 48.5 Å². The second-order valence-corrected chi connectivity index (χ2v) is 6.11. The Morgan fingerprint density at radius 3 is 2.15 bits per heavy atom. The van der Waals surface area contributed by atoms with Crippen LogP contribution in [0.4, 0.5) is 11.4 Å². The topological polar surface area (TPSA) is 96.5 Å². The van der Waals surface area contributed by atoms with E-state index in [0.29, 0.717) is 16.9 Å². The van der Waals surface area contributed by atoms with Gasteiger partial charge in [0.1, 0.15) is 0 Å². The van der Waals surface area contributed by atoms with Crippen molar-refractivity contribution in [1.29, 1.82) is 0 Å². The predicted octanol–water partition coefficient (Wildman–Crippen LogP) is 2.66. The highest BCUT2D eigenvalue weighted by Gasteiger charge is 2.15. The highest BCUT2D eigenvalue weighted by Crippen LogP contribution is 2.17. The van der Waals surface area contributed by atoms with Gasteiger partial charge in [0.15, 0.2) is 0 Å². The second-order valence-electron chi connectivity index (χ2n) is 6.11. The van der Waals surface area contributed by atoms with E-state index < -0.39 is 5.97 Å². The molecule has 0 saturated heterocycles. The minimum atomic E-state index is -0.533. The van der Waals surface area contributed by atoms with Gasteiger partial charge in [-0.05, 0) is 38.1 Å². The average molecular weight is 369 g/mol. The van der Waals surface area contributed by atoms with Crippen LogP contribution in [0.5, 0.6) is 0 Å². The number of anilines is 2. The Kier molecular flexibility index (Phi) is 6.93. The lowest BCUT2D eigenvalue weighted by Gasteiger charge is -2.14. The molecule has 0 radical (unpaired) electrons. The maximum absolute atomic E-state index is 12.3. The Labute approximate surface area is 158 Å². The number of para-hydroxylation sites is 2. The molecule has 0 bridgehead atoms. The minimum Gasteiger partial charge on any atom is -0.465 e. The lowest BCUT2D eigenvalue weighted by atomic mass is 10.1. The lowest BCUT2D eigenvalue weighted by Crippen LogP contribution is -2.31. The fourth-order valence-corrected chi connectivity index (χ4v) is 2.43. The summed E-state index contributed by atoms with van der Waals surface area (Å²) >= 11 is 0. The summed E-state index contributed by atoms with van der Waals surface area (Å²) in [6, 6.07) is 13.5. The van der Waals surface area contributed by atoms with Crippen molar-refractivity contribution in [2.45, 2.75) is 19.9 Å². The Morgan fingerprint density at radius 1 is 0.926 bits per heavy atom. The normalized spacial score (nSPS) is 10.2. The molecule has 2 amide bonds. The first kappa shape index (κ1) is 20.0. The van der Waals surface area contributed by atoms with Crippen molar-refractivity contribution in [2.24, 2.45) is 0 Å². The summed E-state index contributed by atoms with van der Waals surface area (Å²) in [5.41, 5.74) is 1.63. The van der Waals surface area contributed by atoms with Crippen molar-refractivity contribution < 1.29 is 19.1 Å². The summed E-state index contributed by atoms with van der Waals surface area (Å²) < 4.78 is 4.71. The number of hydrogen-bond acceptors (Lipinski definition) is 5. The molecule has 0 aliphatic rings. The average Bonchev–Trinajstić information content (AvgIpc) is 2.66. The van der Waals surface area contributed by atoms with E-state index in [1.165, 1.54) is 7.11 Å². The Bertz CT molecular complexity index is 833. The van der Waals surface area contributed by atoms with Crippen molar-refractivity contribution in [3.8, 4) is 0 Å². The summed E-state index contributed by atoms with van der Waals surface area (Å²) in [4.78, 5) is 36.3. The Morgan fingerprint density at radius 2 is 1.52 bits per heavy atom. The number of benzene rings is 2. The summed E-state index contributed by atoms with van der Waals surface area (Å²) in [7, 11) is 1.28. The molecule has 7 nitrogen and oxygen atoms in total. The Balaban J connectivity index is 2.05. The standard InChI is InChI=1S/C20H23N3O4/c1-13(2)22-19(25)14-8-4-6-10-16(14)21-12-18(24)23-17-11-7-5-9-15(17)20(26)27-3/h4-11,13,21H,12H2,1-3H3,(H,22,25)(H,23,24). The molecule has 0 aromatic heterocycles. The third-order valence-electron chi connectivity index (χ3n) is 3.64. The summed E-state index contributed by atoms with van der Waals surface area (Å²) in [5, 5.41) is 8.46. The van der Waals surface area contributed by atoms with Crippen molar-refractivity contribution in [3.63, 3.8) is 0 Å². The first-order valence-corrected chi connectivity index (χ1v) is 8.53. The first-order chi connectivity index (χ1) is 12.9. The third-order valence-corrected chi connectivity index (χ3v) is 3.64. The smallest absolute Gasteiger partial charge is 0.339 e. The molecule has 2 rings (SSSR count). The second kappa shape index (κ2) is 9.38. The number of methoxy groups -OCH3 is 1. The molecule has 0 atom stereocenters. The third kappa shape index (κ3) is 5.57. The summed E-state index contributed by atoms with van der Waals surface area (Å²) in [6.07, 6.45) is 0. The SMILES string of the molecule is COC(=O)c1ccccc1NC(=O)CNc1ccccc1C(=O)NC(C)C. The quantitative estimate of drug-likeness (QED) is 0.652. The van der Waals surface area contributed by atoms with Gasteiger partial charge in [-0.1, -0.05) is 24.3 Å². The van der Waals surface area contributed by atoms with Crippen molar-refractivity contribution >= 4 is 29.2 Å². The van der Waals surface area contributed by atoms with E-state index in [4.69, 9.17) is 4.74 Å². The van der Waals surface area contributed by atoms with E-state index in [2.05, 4.69) is 16.0 Å². The van der Waals surface area contributed by atoms with Crippen molar-refractivity contribution in [3.05, 3.63) is 59.7 Å². The van der Waals surface area contributed by atoms with E-state index in [1.54, 1.807) is 48.5 Å². The van der Waals surface area contributed by atoms with Gasteiger partial charge in [0.25, 0.3) is 5.91 Å². The van der Waals surface area contributed by atoms with E-state index in [9.17, 15) is 14.4 Å². The summed E-state index contributed by atoms with van der Waals surface area (Å²) in [6.45, 7) is 3.68. The molecular weight excluding hydrogens is 346 g/mol. The first-order valence-electron chi connectivity index (χ1n) is 8.53. The molecule has 142 valence electrons. The lowest BCUT2D eigenvalue weighted by molar-refractivity contribution is -0.114. The van der Waals surface area contributed by atoms with Gasteiger partial charge in [-0.2, -0.15) is 0 Å². The maximum atomic E-state index is 12.3. The van der Waals surface area contributed by atoms with E-state index in [-0.39, 0.29) is 30.0 Å². The van der Waals surface area contributed by atoms with Gasteiger partial charge >= 0.3 is 5.97 Å². The number of rotatable bonds is 7. The molecule has 0 spiro atoms. The van der Waals surface area contributed by atoms with E-state index in [1.807, 2.05) is 13.8 Å². The largest absolute Gasteiger partial charge is 0.465 e. The van der Waals surface area contributed by atoms with Crippen LogP contribution >= 0.6 is 0 Å². The van der Waals surface area contributed by atoms with Crippen LogP contribution in [0, 0.1) is 0 Å². The zero-order valence-electron chi connectivity index (χ0n) is 15.5. The van der Waals surface area contributed by atoms with Crippen LogP contribution in [0.2, 0.25) is 0 Å². The van der Waals surface area contributed by atoms with Crippen LogP contribution in [-0.4, -0.2) is 37.5 Å². The number of esters is 1. The van der Waals surface area contributed by atoms with Gasteiger partial charge < -0.3 is 20.7 Å².